The standard InChI is InChI=1S/C20H28I2O2Si/c1-20(2)15-6-5-13(18(20)11-15)7-8-25(3,4)24-19(23)14-9-16(21)12-17(22)10-14/h9-10,12-13,15,18H,5-8,11H2,1-4H3/t13?,15-,18-/m0/s1. The fourth-order valence-electron chi connectivity index (χ4n) is 4.87. The van der Waals surface area contributed by atoms with Crippen molar-refractivity contribution < 1.29 is 9.22 Å². The van der Waals surface area contributed by atoms with E-state index in [4.69, 9.17) is 4.43 Å². The van der Waals surface area contributed by atoms with Gasteiger partial charge in [-0.25, -0.2) is 4.79 Å². The number of carbonyl (C=O) groups excluding carboxylic acids is 1. The molecule has 0 aromatic heterocycles. The van der Waals surface area contributed by atoms with Crippen molar-refractivity contribution in [1.82, 2.24) is 0 Å². The van der Waals surface area contributed by atoms with Crippen molar-refractivity contribution in [1.29, 1.82) is 0 Å². The molecule has 0 amide bonds. The summed E-state index contributed by atoms with van der Waals surface area (Å²) in [5.41, 5.74) is 1.24. The van der Waals surface area contributed by atoms with Gasteiger partial charge in [0.15, 0.2) is 0 Å². The summed E-state index contributed by atoms with van der Waals surface area (Å²) in [6.07, 6.45) is 5.45. The van der Waals surface area contributed by atoms with Crippen molar-refractivity contribution in [3.8, 4) is 0 Å². The normalized spacial score (nSPS) is 27.5. The second-order valence-corrected chi connectivity index (χ2v) is 15.8. The molecule has 2 nitrogen and oxygen atoms in total. The van der Waals surface area contributed by atoms with Gasteiger partial charge >= 0.3 is 5.97 Å². The molecule has 0 aliphatic heterocycles. The van der Waals surface area contributed by atoms with Crippen LogP contribution >= 0.6 is 45.2 Å². The molecule has 1 unspecified atom stereocenters. The Morgan fingerprint density at radius 3 is 2.40 bits per heavy atom. The molecule has 3 atom stereocenters. The molecule has 1 aromatic carbocycles. The Morgan fingerprint density at radius 2 is 1.84 bits per heavy atom. The number of fused-ring (bicyclic) bond motifs is 2. The maximum absolute atomic E-state index is 12.6. The summed E-state index contributed by atoms with van der Waals surface area (Å²) in [6.45, 7) is 9.31. The first-order chi connectivity index (χ1) is 11.6. The van der Waals surface area contributed by atoms with E-state index in [0.29, 0.717) is 11.0 Å². The quantitative estimate of drug-likeness (QED) is 0.285. The predicted molar refractivity (Wildman–Crippen MR) is 122 cm³/mol. The van der Waals surface area contributed by atoms with Gasteiger partial charge in [0.2, 0.25) is 8.32 Å². The molecule has 0 spiro atoms. The van der Waals surface area contributed by atoms with Gasteiger partial charge < -0.3 is 4.43 Å². The van der Waals surface area contributed by atoms with Crippen molar-refractivity contribution in [2.45, 2.75) is 58.7 Å². The first kappa shape index (κ1) is 20.1. The molecule has 4 rings (SSSR count). The Labute approximate surface area is 180 Å². The van der Waals surface area contributed by atoms with E-state index in [1.807, 2.05) is 12.1 Å². The maximum Gasteiger partial charge on any atom is 0.324 e. The van der Waals surface area contributed by atoms with Gasteiger partial charge in [0, 0.05) is 7.14 Å². The van der Waals surface area contributed by atoms with Crippen molar-refractivity contribution in [3.63, 3.8) is 0 Å². The van der Waals surface area contributed by atoms with Crippen LogP contribution in [0.2, 0.25) is 19.1 Å². The van der Waals surface area contributed by atoms with Crippen LogP contribution in [-0.4, -0.2) is 14.3 Å². The summed E-state index contributed by atoms with van der Waals surface area (Å²) in [5.74, 6) is 2.55. The molecule has 138 valence electrons. The van der Waals surface area contributed by atoms with Crippen molar-refractivity contribution in [2.24, 2.45) is 23.2 Å². The number of hydrogen-bond acceptors (Lipinski definition) is 2. The number of hydrogen-bond donors (Lipinski definition) is 0. The van der Waals surface area contributed by atoms with Gasteiger partial charge in [-0.2, -0.15) is 0 Å². The van der Waals surface area contributed by atoms with Gasteiger partial charge in [-0.1, -0.05) is 13.8 Å². The minimum absolute atomic E-state index is 0.138. The van der Waals surface area contributed by atoms with E-state index in [1.165, 1.54) is 25.7 Å². The van der Waals surface area contributed by atoms with E-state index in [1.54, 1.807) is 0 Å². The minimum atomic E-state index is -1.98. The van der Waals surface area contributed by atoms with E-state index in [-0.39, 0.29) is 5.97 Å². The number of rotatable bonds is 5. The summed E-state index contributed by atoms with van der Waals surface area (Å²) in [5, 5.41) is 0. The lowest BCUT2D eigenvalue weighted by Crippen LogP contribution is -2.52. The third kappa shape index (κ3) is 4.45. The molecule has 0 N–H and O–H groups in total. The van der Waals surface area contributed by atoms with Gasteiger partial charge in [-0.05, 0) is 131 Å². The van der Waals surface area contributed by atoms with Crippen LogP contribution in [0.3, 0.4) is 0 Å². The zero-order valence-electron chi connectivity index (χ0n) is 15.6. The monoisotopic (exact) mass is 582 g/mol. The first-order valence-corrected chi connectivity index (χ1v) is 14.6. The Kier molecular flexibility index (Phi) is 5.96. The Morgan fingerprint density at radius 1 is 1.20 bits per heavy atom. The highest BCUT2D eigenvalue weighted by atomic mass is 127. The molecule has 1 aromatic rings. The maximum atomic E-state index is 12.6. The second kappa shape index (κ2) is 7.41. The Hall–Kier alpha value is 0.367. The highest BCUT2D eigenvalue weighted by Gasteiger charge is 2.54. The molecule has 0 radical (unpaired) electrons. The summed E-state index contributed by atoms with van der Waals surface area (Å²) in [6, 6.07) is 7.00. The lowest BCUT2D eigenvalue weighted by molar-refractivity contribution is -0.105. The van der Waals surface area contributed by atoms with Crippen LogP contribution in [0.15, 0.2) is 18.2 Å². The molecule has 0 saturated heterocycles. The second-order valence-electron chi connectivity index (χ2n) is 9.04. The van der Waals surface area contributed by atoms with E-state index in [9.17, 15) is 4.79 Å². The molecule has 2 bridgehead atoms. The molecule has 3 saturated carbocycles. The lowest BCUT2D eigenvalue weighted by atomic mass is 9.45. The van der Waals surface area contributed by atoms with Crippen molar-refractivity contribution >= 4 is 59.5 Å². The summed E-state index contributed by atoms with van der Waals surface area (Å²) in [7, 11) is -1.98. The number of halogens is 2. The zero-order chi connectivity index (χ0) is 18.4. The van der Waals surface area contributed by atoms with Gasteiger partial charge in [0.25, 0.3) is 0 Å². The van der Waals surface area contributed by atoms with Gasteiger partial charge in [-0.15, -0.1) is 0 Å². The SMILES string of the molecule is CC1(C)[C@H]2CCC(CC[Si](C)(C)OC(=O)c3cc(I)cc(I)c3)[C@@H]1C2. The topological polar surface area (TPSA) is 26.3 Å². The number of benzene rings is 1. The van der Waals surface area contributed by atoms with Crippen LogP contribution in [0.4, 0.5) is 0 Å². The Balaban J connectivity index is 1.57. The highest BCUT2D eigenvalue weighted by Crippen LogP contribution is 2.62. The van der Waals surface area contributed by atoms with Gasteiger partial charge in [0.1, 0.15) is 0 Å². The lowest BCUT2D eigenvalue weighted by Gasteiger charge is -2.60. The molecule has 3 aliphatic carbocycles. The van der Waals surface area contributed by atoms with Crippen LogP contribution < -0.4 is 0 Å². The Bertz CT molecular complexity index is 649. The summed E-state index contributed by atoms with van der Waals surface area (Å²) in [4.78, 5) is 12.6. The van der Waals surface area contributed by atoms with E-state index in [0.717, 1.165) is 30.9 Å². The van der Waals surface area contributed by atoms with E-state index >= 15 is 0 Å². The fraction of sp³-hybridized carbons (Fsp3) is 0.650. The highest BCUT2D eigenvalue weighted by molar-refractivity contribution is 14.1. The van der Waals surface area contributed by atoms with Gasteiger partial charge in [0.05, 0.1) is 5.56 Å². The first-order valence-electron chi connectivity index (χ1n) is 9.28. The van der Waals surface area contributed by atoms with Crippen LogP contribution in [0.25, 0.3) is 0 Å². The van der Waals surface area contributed by atoms with Crippen molar-refractivity contribution in [3.05, 3.63) is 30.9 Å². The smallest absolute Gasteiger partial charge is 0.324 e. The average Bonchev–Trinajstić information content (AvgIpc) is 2.51. The van der Waals surface area contributed by atoms with E-state index in [2.05, 4.69) is 78.2 Å². The predicted octanol–water partition coefficient (Wildman–Crippen LogP) is 6.72. The van der Waals surface area contributed by atoms with Crippen LogP contribution in [0, 0.1) is 30.3 Å². The zero-order valence-corrected chi connectivity index (χ0v) is 20.9. The fourth-order valence-corrected chi connectivity index (χ4v) is 8.60. The molecule has 3 aliphatic rings. The van der Waals surface area contributed by atoms with E-state index < -0.39 is 8.32 Å². The van der Waals surface area contributed by atoms with Crippen molar-refractivity contribution in [2.75, 3.05) is 0 Å². The van der Waals surface area contributed by atoms with Gasteiger partial charge in [-0.3, -0.25) is 0 Å². The summed E-state index contributed by atoms with van der Waals surface area (Å²) < 4.78 is 8.18. The molecule has 5 heteroatoms. The van der Waals surface area contributed by atoms with Crippen LogP contribution in [-0.2, 0) is 4.43 Å². The summed E-state index contributed by atoms with van der Waals surface area (Å²) >= 11 is 4.51. The average molecular weight is 582 g/mol. The minimum Gasteiger partial charge on any atom is -0.516 e. The molecule has 0 heterocycles. The molecular formula is C20H28I2O2Si. The number of carbonyl (C=O) groups is 1. The third-order valence-corrected chi connectivity index (χ3v) is 10.1. The third-order valence-electron chi connectivity index (χ3n) is 6.59. The largest absolute Gasteiger partial charge is 0.516 e. The molecular weight excluding hydrogens is 554 g/mol. The molecule has 25 heavy (non-hydrogen) atoms. The van der Waals surface area contributed by atoms with Crippen LogP contribution in [0.5, 0.6) is 0 Å². The van der Waals surface area contributed by atoms with Crippen LogP contribution in [0.1, 0.15) is 49.9 Å². The molecule has 3 fully saturated rings.